The maximum Gasteiger partial charge on any atom is 0.129 e. The minimum absolute atomic E-state index is 0.529. The molecule has 13 heavy (non-hydrogen) atoms. The molecule has 1 aromatic rings. The van der Waals surface area contributed by atoms with Crippen LogP contribution in [0.3, 0.4) is 0 Å². The van der Waals surface area contributed by atoms with Crippen molar-refractivity contribution in [1.29, 1.82) is 0 Å². The first-order valence-corrected chi connectivity index (χ1v) is 4.86. The van der Waals surface area contributed by atoms with Gasteiger partial charge in [-0.05, 0) is 24.0 Å². The molecule has 0 saturated carbocycles. The quantitative estimate of drug-likeness (QED) is 0.769. The average molecular weight is 178 g/mol. The highest BCUT2D eigenvalue weighted by Gasteiger charge is 2.06. The molecule has 0 fully saturated rings. The van der Waals surface area contributed by atoms with Gasteiger partial charge in [0.15, 0.2) is 0 Å². The topological polar surface area (TPSA) is 24.9 Å². The Morgan fingerprint density at radius 3 is 2.54 bits per heavy atom. The third-order valence-electron chi connectivity index (χ3n) is 2.21. The van der Waals surface area contributed by atoms with E-state index in [4.69, 9.17) is 0 Å². The molecule has 0 spiro atoms. The second-order valence-corrected chi connectivity index (χ2v) is 3.50. The Morgan fingerprint density at radius 2 is 2.08 bits per heavy atom. The van der Waals surface area contributed by atoms with Crippen LogP contribution in [-0.4, -0.2) is 12.0 Å². The van der Waals surface area contributed by atoms with Crippen molar-refractivity contribution >= 4 is 5.82 Å². The zero-order valence-corrected chi connectivity index (χ0v) is 8.89. The van der Waals surface area contributed by atoms with Crippen LogP contribution in [0.5, 0.6) is 0 Å². The predicted octanol–water partition coefficient (Wildman–Crippen LogP) is 2.81. The van der Waals surface area contributed by atoms with E-state index < -0.39 is 0 Å². The summed E-state index contributed by atoms with van der Waals surface area (Å²) in [5.41, 5.74) is 2.44. The Labute approximate surface area is 80.4 Å². The first-order valence-electron chi connectivity index (χ1n) is 4.86. The highest BCUT2D eigenvalue weighted by Crippen LogP contribution is 2.22. The standard InChI is InChI=1S/C11H18N2/c1-5-9-6-7-10(8(2)3)11(12-4)13-9/h6-8H,5H2,1-4H3,(H,12,13). The number of aromatic nitrogens is 1. The van der Waals surface area contributed by atoms with Gasteiger partial charge < -0.3 is 5.32 Å². The summed E-state index contributed by atoms with van der Waals surface area (Å²) in [5, 5.41) is 3.14. The molecule has 1 aromatic heterocycles. The van der Waals surface area contributed by atoms with Crippen molar-refractivity contribution in [3.63, 3.8) is 0 Å². The molecule has 1 heterocycles. The molecular formula is C11H18N2. The average Bonchev–Trinajstić information content (AvgIpc) is 2.16. The van der Waals surface area contributed by atoms with Crippen LogP contribution < -0.4 is 5.32 Å². The molecule has 0 aliphatic heterocycles. The van der Waals surface area contributed by atoms with Gasteiger partial charge in [0.05, 0.1) is 0 Å². The van der Waals surface area contributed by atoms with E-state index in [1.54, 1.807) is 0 Å². The van der Waals surface area contributed by atoms with Crippen molar-refractivity contribution in [2.75, 3.05) is 12.4 Å². The van der Waals surface area contributed by atoms with Crippen molar-refractivity contribution in [1.82, 2.24) is 4.98 Å². The molecule has 0 radical (unpaired) electrons. The van der Waals surface area contributed by atoms with Gasteiger partial charge in [-0.15, -0.1) is 0 Å². The number of pyridine rings is 1. The van der Waals surface area contributed by atoms with Crippen LogP contribution in [0.2, 0.25) is 0 Å². The number of hydrogen-bond donors (Lipinski definition) is 1. The van der Waals surface area contributed by atoms with E-state index in [9.17, 15) is 0 Å². The zero-order valence-electron chi connectivity index (χ0n) is 8.89. The van der Waals surface area contributed by atoms with E-state index in [-0.39, 0.29) is 0 Å². The predicted molar refractivity (Wildman–Crippen MR) is 57.3 cm³/mol. The SMILES string of the molecule is CCc1ccc(C(C)C)c(NC)n1. The van der Waals surface area contributed by atoms with Gasteiger partial charge in [0, 0.05) is 12.7 Å². The van der Waals surface area contributed by atoms with Crippen molar-refractivity contribution in [3.05, 3.63) is 23.4 Å². The van der Waals surface area contributed by atoms with E-state index in [2.05, 4.69) is 43.2 Å². The maximum absolute atomic E-state index is 4.52. The minimum atomic E-state index is 0.529. The second kappa shape index (κ2) is 4.26. The molecular weight excluding hydrogens is 160 g/mol. The number of nitrogens with zero attached hydrogens (tertiary/aromatic N) is 1. The fourth-order valence-corrected chi connectivity index (χ4v) is 1.37. The van der Waals surface area contributed by atoms with Gasteiger partial charge >= 0.3 is 0 Å². The van der Waals surface area contributed by atoms with Crippen LogP contribution in [0.15, 0.2) is 12.1 Å². The molecule has 0 aliphatic carbocycles. The summed E-state index contributed by atoms with van der Waals surface area (Å²) in [5.74, 6) is 1.55. The van der Waals surface area contributed by atoms with E-state index in [0.717, 1.165) is 17.9 Å². The zero-order chi connectivity index (χ0) is 9.84. The lowest BCUT2D eigenvalue weighted by Gasteiger charge is -2.12. The third kappa shape index (κ3) is 2.20. The minimum Gasteiger partial charge on any atom is -0.373 e. The number of aryl methyl sites for hydroxylation is 1. The molecule has 0 saturated heterocycles. The molecule has 1 N–H and O–H groups in total. The van der Waals surface area contributed by atoms with Crippen LogP contribution in [0.4, 0.5) is 5.82 Å². The summed E-state index contributed by atoms with van der Waals surface area (Å²) in [7, 11) is 1.92. The Hall–Kier alpha value is -1.05. The summed E-state index contributed by atoms with van der Waals surface area (Å²) in [6, 6.07) is 4.28. The molecule has 0 amide bonds. The van der Waals surface area contributed by atoms with Gasteiger partial charge in [-0.25, -0.2) is 4.98 Å². The fraction of sp³-hybridized carbons (Fsp3) is 0.545. The second-order valence-electron chi connectivity index (χ2n) is 3.50. The summed E-state index contributed by atoms with van der Waals surface area (Å²) < 4.78 is 0. The molecule has 2 heteroatoms. The van der Waals surface area contributed by atoms with Crippen LogP contribution in [-0.2, 0) is 6.42 Å². The number of rotatable bonds is 3. The van der Waals surface area contributed by atoms with Gasteiger partial charge in [-0.2, -0.15) is 0 Å². The molecule has 0 aromatic carbocycles. The Bertz CT molecular complexity index is 279. The summed E-state index contributed by atoms with van der Waals surface area (Å²) in [6.45, 7) is 6.49. The Balaban J connectivity index is 3.08. The molecule has 0 atom stereocenters. The smallest absolute Gasteiger partial charge is 0.129 e. The van der Waals surface area contributed by atoms with Crippen LogP contribution >= 0.6 is 0 Å². The van der Waals surface area contributed by atoms with E-state index in [1.807, 2.05) is 7.05 Å². The monoisotopic (exact) mass is 178 g/mol. The summed E-state index contributed by atoms with van der Waals surface area (Å²) >= 11 is 0. The summed E-state index contributed by atoms with van der Waals surface area (Å²) in [6.07, 6.45) is 0.993. The molecule has 0 unspecified atom stereocenters. The normalized spacial score (nSPS) is 10.5. The largest absolute Gasteiger partial charge is 0.373 e. The maximum atomic E-state index is 4.52. The molecule has 0 aliphatic rings. The lowest BCUT2D eigenvalue weighted by molar-refractivity contribution is 0.854. The van der Waals surface area contributed by atoms with Gasteiger partial charge in [0.25, 0.3) is 0 Å². The Kier molecular flexibility index (Phi) is 3.29. The van der Waals surface area contributed by atoms with Crippen molar-refractivity contribution in [3.8, 4) is 0 Å². The molecule has 72 valence electrons. The van der Waals surface area contributed by atoms with Crippen LogP contribution in [0, 0.1) is 0 Å². The Morgan fingerprint density at radius 1 is 1.38 bits per heavy atom. The lowest BCUT2D eigenvalue weighted by Crippen LogP contribution is -2.02. The molecule has 0 bridgehead atoms. The van der Waals surface area contributed by atoms with Crippen LogP contribution in [0.1, 0.15) is 37.9 Å². The van der Waals surface area contributed by atoms with Crippen molar-refractivity contribution in [2.24, 2.45) is 0 Å². The number of anilines is 1. The molecule has 1 rings (SSSR count). The number of nitrogens with one attached hydrogen (secondary N) is 1. The van der Waals surface area contributed by atoms with Gasteiger partial charge in [-0.3, -0.25) is 0 Å². The van der Waals surface area contributed by atoms with Crippen molar-refractivity contribution < 1.29 is 0 Å². The third-order valence-corrected chi connectivity index (χ3v) is 2.21. The van der Waals surface area contributed by atoms with Gasteiger partial charge in [0.1, 0.15) is 5.82 Å². The van der Waals surface area contributed by atoms with Gasteiger partial charge in [-0.1, -0.05) is 26.8 Å². The van der Waals surface area contributed by atoms with Gasteiger partial charge in [0.2, 0.25) is 0 Å². The first-order chi connectivity index (χ1) is 6.19. The number of hydrogen-bond acceptors (Lipinski definition) is 2. The highest BCUT2D eigenvalue weighted by atomic mass is 15.0. The van der Waals surface area contributed by atoms with E-state index in [1.165, 1.54) is 5.56 Å². The van der Waals surface area contributed by atoms with E-state index >= 15 is 0 Å². The molecule has 2 nitrogen and oxygen atoms in total. The summed E-state index contributed by atoms with van der Waals surface area (Å²) in [4.78, 5) is 4.52. The highest BCUT2D eigenvalue weighted by molar-refractivity contribution is 5.46. The fourth-order valence-electron chi connectivity index (χ4n) is 1.37. The lowest BCUT2D eigenvalue weighted by atomic mass is 10.0. The van der Waals surface area contributed by atoms with Crippen molar-refractivity contribution in [2.45, 2.75) is 33.1 Å². The first kappa shape index (κ1) is 10.0. The van der Waals surface area contributed by atoms with E-state index in [0.29, 0.717) is 5.92 Å². The van der Waals surface area contributed by atoms with Crippen LogP contribution in [0.25, 0.3) is 0 Å².